The van der Waals surface area contributed by atoms with Gasteiger partial charge in [0, 0.05) is 17.3 Å². The van der Waals surface area contributed by atoms with Crippen molar-refractivity contribution < 1.29 is 0 Å². The summed E-state index contributed by atoms with van der Waals surface area (Å²) in [5.74, 6) is 0.942. The predicted octanol–water partition coefficient (Wildman–Crippen LogP) is 4.30. The number of nitrogens with one attached hydrogen (secondary N) is 1. The normalized spacial score (nSPS) is 11.4. The van der Waals surface area contributed by atoms with E-state index in [0.29, 0.717) is 17.7 Å². The van der Waals surface area contributed by atoms with Gasteiger partial charge in [0.25, 0.3) is 5.56 Å². The molecular weight excluding hydrogens is 440 g/mol. The molecule has 150 valence electrons. The number of fused-ring (bicyclic) bond motifs is 1. The summed E-state index contributed by atoms with van der Waals surface area (Å²) in [5.41, 5.74) is 1.09. The minimum atomic E-state index is -0.444. The van der Waals surface area contributed by atoms with E-state index in [0.717, 1.165) is 27.4 Å². The molecular formula is C20H25BrN4O2S. The molecule has 0 bridgehead atoms. The Morgan fingerprint density at radius 2 is 1.96 bits per heavy atom. The van der Waals surface area contributed by atoms with Crippen molar-refractivity contribution in [1.82, 2.24) is 19.1 Å². The van der Waals surface area contributed by atoms with Crippen molar-refractivity contribution in [2.45, 2.75) is 50.7 Å². The fourth-order valence-electron chi connectivity index (χ4n) is 3.16. The molecule has 0 fully saturated rings. The average Bonchev–Trinajstić information content (AvgIpc) is 3.02. The van der Waals surface area contributed by atoms with Gasteiger partial charge in [0.05, 0.1) is 6.54 Å². The topological polar surface area (TPSA) is 72.7 Å². The van der Waals surface area contributed by atoms with Crippen molar-refractivity contribution in [3.8, 4) is 0 Å². The molecule has 2 aromatic heterocycles. The van der Waals surface area contributed by atoms with E-state index in [1.807, 2.05) is 28.8 Å². The maximum Gasteiger partial charge on any atom is 0.329 e. The molecule has 3 aromatic rings. The largest absolute Gasteiger partial charge is 0.329 e. The van der Waals surface area contributed by atoms with Gasteiger partial charge in [-0.1, -0.05) is 72.4 Å². The van der Waals surface area contributed by atoms with Crippen LogP contribution in [0, 0.1) is 0 Å². The van der Waals surface area contributed by atoms with Crippen LogP contribution in [0.15, 0.2) is 43.5 Å². The first-order chi connectivity index (χ1) is 13.5. The van der Waals surface area contributed by atoms with Crippen molar-refractivity contribution in [3.63, 3.8) is 0 Å². The Morgan fingerprint density at radius 1 is 1.18 bits per heavy atom. The van der Waals surface area contributed by atoms with Crippen LogP contribution in [0.2, 0.25) is 0 Å². The van der Waals surface area contributed by atoms with Crippen LogP contribution in [0.4, 0.5) is 0 Å². The molecule has 0 aliphatic carbocycles. The number of H-pyrrole nitrogens is 1. The van der Waals surface area contributed by atoms with E-state index in [4.69, 9.17) is 0 Å². The van der Waals surface area contributed by atoms with E-state index in [9.17, 15) is 9.59 Å². The maximum atomic E-state index is 12.5. The number of hydrogen-bond acceptors (Lipinski definition) is 4. The molecule has 6 nitrogen and oxygen atoms in total. The lowest BCUT2D eigenvalue weighted by molar-refractivity contribution is 0.658. The molecule has 0 saturated heterocycles. The van der Waals surface area contributed by atoms with Gasteiger partial charge in [-0.25, -0.2) is 9.78 Å². The molecule has 0 unspecified atom stereocenters. The molecule has 0 saturated carbocycles. The highest BCUT2D eigenvalue weighted by Gasteiger charge is 2.18. The Kier molecular flexibility index (Phi) is 7.18. The van der Waals surface area contributed by atoms with Crippen LogP contribution in [-0.4, -0.2) is 24.9 Å². The zero-order chi connectivity index (χ0) is 20.1. The first-order valence-corrected chi connectivity index (χ1v) is 11.4. The minimum Gasteiger partial charge on any atom is -0.309 e. The summed E-state index contributed by atoms with van der Waals surface area (Å²) in [6.07, 6.45) is 6.06. The SMILES string of the molecule is CCCCCCCSc1nc2c(c(=O)[nH]c(=O)n2C)n1Cc1cccc(Br)c1. The molecule has 0 aliphatic heterocycles. The number of aromatic amines is 1. The Bertz CT molecular complexity index is 1070. The van der Waals surface area contributed by atoms with Crippen LogP contribution in [0.3, 0.4) is 0 Å². The zero-order valence-corrected chi connectivity index (χ0v) is 18.6. The Morgan fingerprint density at radius 3 is 2.71 bits per heavy atom. The molecule has 0 spiro atoms. The molecule has 1 aromatic carbocycles. The van der Waals surface area contributed by atoms with E-state index in [-0.39, 0.29) is 0 Å². The number of benzene rings is 1. The fourth-order valence-corrected chi connectivity index (χ4v) is 4.60. The number of aryl methyl sites for hydroxylation is 1. The van der Waals surface area contributed by atoms with Gasteiger partial charge < -0.3 is 4.57 Å². The molecule has 8 heteroatoms. The number of aromatic nitrogens is 4. The quantitative estimate of drug-likeness (QED) is 0.378. The average molecular weight is 465 g/mol. The third-order valence-electron chi connectivity index (χ3n) is 4.68. The molecule has 2 heterocycles. The van der Waals surface area contributed by atoms with Crippen LogP contribution in [-0.2, 0) is 13.6 Å². The van der Waals surface area contributed by atoms with Crippen molar-refractivity contribution in [1.29, 1.82) is 0 Å². The monoisotopic (exact) mass is 464 g/mol. The van der Waals surface area contributed by atoms with Crippen molar-refractivity contribution in [2.24, 2.45) is 7.05 Å². The molecule has 0 radical (unpaired) electrons. The lowest BCUT2D eigenvalue weighted by Gasteiger charge is -2.09. The Balaban J connectivity index is 1.94. The van der Waals surface area contributed by atoms with Crippen molar-refractivity contribution >= 4 is 38.9 Å². The minimum absolute atomic E-state index is 0.393. The highest BCUT2D eigenvalue weighted by molar-refractivity contribution is 9.10. The van der Waals surface area contributed by atoms with E-state index >= 15 is 0 Å². The smallest absolute Gasteiger partial charge is 0.309 e. The summed E-state index contributed by atoms with van der Waals surface area (Å²) in [6, 6.07) is 7.99. The number of halogens is 1. The molecule has 0 atom stereocenters. The van der Waals surface area contributed by atoms with E-state index in [1.54, 1.807) is 18.8 Å². The van der Waals surface area contributed by atoms with Gasteiger partial charge in [-0.2, -0.15) is 0 Å². The predicted molar refractivity (Wildman–Crippen MR) is 118 cm³/mol. The summed E-state index contributed by atoms with van der Waals surface area (Å²) in [4.78, 5) is 31.6. The molecule has 28 heavy (non-hydrogen) atoms. The zero-order valence-electron chi connectivity index (χ0n) is 16.2. The Hall–Kier alpha value is -1.80. The number of imidazole rings is 1. The van der Waals surface area contributed by atoms with Gasteiger partial charge in [0.15, 0.2) is 16.3 Å². The first-order valence-electron chi connectivity index (χ1n) is 9.58. The molecule has 0 aliphatic rings. The number of unbranched alkanes of at least 4 members (excludes halogenated alkanes) is 4. The van der Waals surface area contributed by atoms with Crippen molar-refractivity contribution in [3.05, 3.63) is 55.1 Å². The number of hydrogen-bond donors (Lipinski definition) is 1. The van der Waals surface area contributed by atoms with Gasteiger partial charge in [-0.05, 0) is 24.1 Å². The van der Waals surface area contributed by atoms with Crippen LogP contribution in [0.25, 0.3) is 11.2 Å². The summed E-state index contributed by atoms with van der Waals surface area (Å²) in [7, 11) is 1.64. The van der Waals surface area contributed by atoms with Crippen LogP contribution in [0.5, 0.6) is 0 Å². The first kappa shape index (κ1) is 20.9. The van der Waals surface area contributed by atoms with E-state index in [1.165, 1.54) is 30.3 Å². The fraction of sp³-hybridized carbons (Fsp3) is 0.450. The summed E-state index contributed by atoms with van der Waals surface area (Å²) < 4.78 is 4.31. The van der Waals surface area contributed by atoms with E-state index in [2.05, 4.69) is 32.8 Å². The highest BCUT2D eigenvalue weighted by atomic mass is 79.9. The van der Waals surface area contributed by atoms with Gasteiger partial charge in [-0.15, -0.1) is 0 Å². The molecule has 3 rings (SSSR count). The maximum absolute atomic E-state index is 12.5. The number of nitrogens with zero attached hydrogens (tertiary/aromatic N) is 3. The van der Waals surface area contributed by atoms with Gasteiger partial charge in [0.2, 0.25) is 0 Å². The third kappa shape index (κ3) is 4.78. The summed E-state index contributed by atoms with van der Waals surface area (Å²) in [5, 5.41) is 0.775. The third-order valence-corrected chi connectivity index (χ3v) is 6.24. The summed E-state index contributed by atoms with van der Waals surface area (Å²) >= 11 is 5.15. The lowest BCUT2D eigenvalue weighted by Crippen LogP contribution is -2.29. The van der Waals surface area contributed by atoms with Gasteiger partial charge >= 0.3 is 5.69 Å². The van der Waals surface area contributed by atoms with Crippen LogP contribution >= 0.6 is 27.7 Å². The lowest BCUT2D eigenvalue weighted by atomic mass is 10.2. The molecule has 0 amide bonds. The second kappa shape index (κ2) is 9.60. The summed E-state index contributed by atoms with van der Waals surface area (Å²) in [6.45, 7) is 2.73. The highest BCUT2D eigenvalue weighted by Crippen LogP contribution is 2.24. The standard InChI is InChI=1S/C20H25BrN4O2S/c1-3-4-5-6-7-11-28-20-22-17-16(18(26)23-19(27)24(17)2)25(20)13-14-9-8-10-15(21)12-14/h8-10,12H,3-7,11,13H2,1-2H3,(H,23,26,27). The van der Waals surface area contributed by atoms with Crippen LogP contribution in [0.1, 0.15) is 44.6 Å². The van der Waals surface area contributed by atoms with Gasteiger partial charge in [-0.3, -0.25) is 14.3 Å². The Labute approximate surface area is 176 Å². The number of thioether (sulfide) groups is 1. The number of rotatable bonds is 9. The molecule has 1 N–H and O–H groups in total. The van der Waals surface area contributed by atoms with E-state index < -0.39 is 11.2 Å². The van der Waals surface area contributed by atoms with Crippen molar-refractivity contribution in [2.75, 3.05) is 5.75 Å². The second-order valence-corrected chi connectivity index (χ2v) is 8.84. The second-order valence-electron chi connectivity index (χ2n) is 6.86. The van der Waals surface area contributed by atoms with Gasteiger partial charge in [0.1, 0.15) is 0 Å². The van der Waals surface area contributed by atoms with Crippen LogP contribution < -0.4 is 11.2 Å².